The van der Waals surface area contributed by atoms with Gasteiger partial charge in [0.05, 0.1) is 14.2 Å². The molecule has 0 aromatic heterocycles. The second-order valence-corrected chi connectivity index (χ2v) is 3.90. The number of methoxy groups -OCH3 is 2. The van der Waals surface area contributed by atoms with Crippen LogP contribution >= 0.6 is 0 Å². The zero-order chi connectivity index (χ0) is 13.7. The van der Waals surface area contributed by atoms with Gasteiger partial charge in [0, 0.05) is 17.2 Å². The molecule has 19 heavy (non-hydrogen) atoms. The third-order valence-electron chi connectivity index (χ3n) is 2.55. The highest BCUT2D eigenvalue weighted by atomic mass is 16.5. The molecule has 0 heterocycles. The first-order valence-corrected chi connectivity index (χ1v) is 5.75. The molecule has 0 radical (unpaired) electrons. The molecule has 0 fully saturated rings. The van der Waals surface area contributed by atoms with Crippen LogP contribution < -0.4 is 9.47 Å². The van der Waals surface area contributed by atoms with Gasteiger partial charge in [-0.05, 0) is 30.3 Å². The summed E-state index contributed by atoms with van der Waals surface area (Å²) in [5.74, 6) is 7.48. The van der Waals surface area contributed by atoms with Crippen molar-refractivity contribution in [1.82, 2.24) is 0 Å². The van der Waals surface area contributed by atoms with Crippen molar-refractivity contribution < 1.29 is 14.6 Å². The molecule has 0 saturated heterocycles. The van der Waals surface area contributed by atoms with E-state index in [2.05, 4.69) is 11.8 Å². The molecule has 0 aliphatic heterocycles. The Kier molecular flexibility index (Phi) is 3.94. The van der Waals surface area contributed by atoms with Crippen molar-refractivity contribution in [1.29, 1.82) is 0 Å². The predicted molar refractivity (Wildman–Crippen MR) is 73.6 cm³/mol. The summed E-state index contributed by atoms with van der Waals surface area (Å²) in [5.41, 5.74) is 1.54. The largest absolute Gasteiger partial charge is 0.508 e. The van der Waals surface area contributed by atoms with Crippen LogP contribution in [-0.4, -0.2) is 19.3 Å². The molecule has 0 bridgehead atoms. The van der Waals surface area contributed by atoms with Crippen molar-refractivity contribution in [2.24, 2.45) is 0 Å². The van der Waals surface area contributed by atoms with Crippen LogP contribution in [0.4, 0.5) is 0 Å². The van der Waals surface area contributed by atoms with Gasteiger partial charge in [-0.15, -0.1) is 0 Å². The molecule has 3 nitrogen and oxygen atoms in total. The van der Waals surface area contributed by atoms with E-state index in [1.807, 2.05) is 24.3 Å². The summed E-state index contributed by atoms with van der Waals surface area (Å²) in [6.45, 7) is 0. The van der Waals surface area contributed by atoms with Crippen LogP contribution in [-0.2, 0) is 0 Å². The molecule has 2 aromatic carbocycles. The van der Waals surface area contributed by atoms with Gasteiger partial charge in [-0.3, -0.25) is 0 Å². The molecule has 2 aromatic rings. The van der Waals surface area contributed by atoms with Gasteiger partial charge >= 0.3 is 0 Å². The fourth-order valence-corrected chi connectivity index (χ4v) is 1.62. The van der Waals surface area contributed by atoms with Gasteiger partial charge in [-0.2, -0.15) is 0 Å². The lowest BCUT2D eigenvalue weighted by molar-refractivity contribution is 0.407. The maximum Gasteiger partial charge on any atom is 0.123 e. The van der Waals surface area contributed by atoms with Gasteiger partial charge in [0.15, 0.2) is 0 Å². The molecule has 0 atom stereocenters. The lowest BCUT2D eigenvalue weighted by Gasteiger charge is -2.01. The molecule has 3 heteroatoms. The Labute approximate surface area is 112 Å². The first kappa shape index (κ1) is 12.8. The van der Waals surface area contributed by atoms with E-state index in [4.69, 9.17) is 9.47 Å². The second-order valence-electron chi connectivity index (χ2n) is 3.90. The molecular formula is C16H14O3. The first-order chi connectivity index (χ1) is 9.21. The van der Waals surface area contributed by atoms with Crippen LogP contribution in [0.5, 0.6) is 17.2 Å². The van der Waals surface area contributed by atoms with Gasteiger partial charge < -0.3 is 14.6 Å². The van der Waals surface area contributed by atoms with Gasteiger partial charge in [0.2, 0.25) is 0 Å². The van der Waals surface area contributed by atoms with Gasteiger partial charge in [-0.25, -0.2) is 0 Å². The highest BCUT2D eigenvalue weighted by Crippen LogP contribution is 2.21. The summed E-state index contributed by atoms with van der Waals surface area (Å²) < 4.78 is 10.2. The number of aromatic hydroxyl groups is 1. The Hall–Kier alpha value is -2.60. The molecule has 0 amide bonds. The van der Waals surface area contributed by atoms with E-state index in [9.17, 15) is 5.11 Å². The summed E-state index contributed by atoms with van der Waals surface area (Å²) in [4.78, 5) is 0. The number of hydrogen-bond acceptors (Lipinski definition) is 3. The van der Waals surface area contributed by atoms with Crippen molar-refractivity contribution in [2.45, 2.75) is 0 Å². The smallest absolute Gasteiger partial charge is 0.123 e. The third kappa shape index (κ3) is 3.43. The van der Waals surface area contributed by atoms with Crippen LogP contribution in [0.15, 0.2) is 42.5 Å². The van der Waals surface area contributed by atoms with Crippen LogP contribution in [0.25, 0.3) is 0 Å². The Bertz CT molecular complexity index is 636. The van der Waals surface area contributed by atoms with Crippen LogP contribution in [0.1, 0.15) is 11.1 Å². The molecule has 0 spiro atoms. The van der Waals surface area contributed by atoms with Crippen molar-refractivity contribution in [2.75, 3.05) is 14.2 Å². The van der Waals surface area contributed by atoms with Crippen molar-refractivity contribution in [3.8, 4) is 29.1 Å². The predicted octanol–water partition coefficient (Wildman–Crippen LogP) is 2.81. The van der Waals surface area contributed by atoms with E-state index in [0.29, 0.717) is 11.3 Å². The SMILES string of the molecule is COc1cccc(C#Cc2cc(O)cc(OC)c2)c1. The van der Waals surface area contributed by atoms with Crippen molar-refractivity contribution in [3.63, 3.8) is 0 Å². The molecule has 0 aliphatic rings. The van der Waals surface area contributed by atoms with E-state index in [1.54, 1.807) is 26.4 Å². The normalized spacial score (nSPS) is 9.37. The fraction of sp³-hybridized carbons (Fsp3) is 0.125. The average Bonchev–Trinajstić information content (AvgIpc) is 2.44. The minimum absolute atomic E-state index is 0.134. The zero-order valence-electron chi connectivity index (χ0n) is 10.8. The Morgan fingerprint density at radius 2 is 1.53 bits per heavy atom. The Morgan fingerprint density at radius 1 is 0.842 bits per heavy atom. The van der Waals surface area contributed by atoms with Gasteiger partial charge in [-0.1, -0.05) is 17.9 Å². The third-order valence-corrected chi connectivity index (χ3v) is 2.55. The zero-order valence-corrected chi connectivity index (χ0v) is 10.8. The topological polar surface area (TPSA) is 38.7 Å². The van der Waals surface area contributed by atoms with Crippen LogP contribution in [0.2, 0.25) is 0 Å². The van der Waals surface area contributed by atoms with E-state index >= 15 is 0 Å². The average molecular weight is 254 g/mol. The maximum atomic E-state index is 9.54. The number of ether oxygens (including phenoxy) is 2. The Morgan fingerprint density at radius 3 is 2.26 bits per heavy atom. The minimum Gasteiger partial charge on any atom is -0.508 e. The highest BCUT2D eigenvalue weighted by molar-refractivity contribution is 5.49. The van der Waals surface area contributed by atoms with Crippen molar-refractivity contribution >= 4 is 0 Å². The van der Waals surface area contributed by atoms with Crippen LogP contribution in [0, 0.1) is 11.8 Å². The lowest BCUT2D eigenvalue weighted by Crippen LogP contribution is -1.85. The fourth-order valence-electron chi connectivity index (χ4n) is 1.62. The van der Waals surface area contributed by atoms with Crippen LogP contribution in [0.3, 0.4) is 0 Å². The van der Waals surface area contributed by atoms with Gasteiger partial charge in [0.25, 0.3) is 0 Å². The summed E-state index contributed by atoms with van der Waals surface area (Å²) in [6.07, 6.45) is 0. The number of hydrogen-bond donors (Lipinski definition) is 1. The monoisotopic (exact) mass is 254 g/mol. The number of benzene rings is 2. The first-order valence-electron chi connectivity index (χ1n) is 5.75. The maximum absolute atomic E-state index is 9.54. The molecule has 0 unspecified atom stereocenters. The number of phenolic OH excluding ortho intramolecular Hbond substituents is 1. The molecule has 96 valence electrons. The molecule has 0 aliphatic carbocycles. The molecule has 2 rings (SSSR count). The Balaban J connectivity index is 2.30. The van der Waals surface area contributed by atoms with Crippen molar-refractivity contribution in [3.05, 3.63) is 53.6 Å². The second kappa shape index (κ2) is 5.83. The molecule has 0 saturated carbocycles. The molecule has 1 N–H and O–H groups in total. The van der Waals surface area contributed by atoms with E-state index in [-0.39, 0.29) is 5.75 Å². The van der Waals surface area contributed by atoms with E-state index in [1.165, 1.54) is 6.07 Å². The highest BCUT2D eigenvalue weighted by Gasteiger charge is 1.98. The standard InChI is InChI=1S/C16H14O3/c1-18-15-5-3-4-12(9-15)6-7-13-8-14(17)11-16(10-13)19-2/h3-5,8-11,17H,1-2H3. The summed E-state index contributed by atoms with van der Waals surface area (Å²) >= 11 is 0. The molecular weight excluding hydrogens is 240 g/mol. The summed E-state index contributed by atoms with van der Waals surface area (Å²) in [7, 11) is 3.17. The quantitative estimate of drug-likeness (QED) is 0.837. The summed E-state index contributed by atoms with van der Waals surface area (Å²) in [6, 6.07) is 12.4. The minimum atomic E-state index is 0.134. The number of rotatable bonds is 2. The van der Waals surface area contributed by atoms with Gasteiger partial charge in [0.1, 0.15) is 17.2 Å². The summed E-state index contributed by atoms with van der Waals surface area (Å²) in [5, 5.41) is 9.54. The van der Waals surface area contributed by atoms with E-state index in [0.717, 1.165) is 11.3 Å². The van der Waals surface area contributed by atoms with E-state index < -0.39 is 0 Å². The lowest BCUT2D eigenvalue weighted by atomic mass is 10.1. The number of phenols is 1.